The molecule has 0 aliphatic heterocycles. The minimum atomic E-state index is 0.442. The van der Waals surface area contributed by atoms with Crippen molar-refractivity contribution in [3.63, 3.8) is 0 Å². The molecule has 18 heavy (non-hydrogen) atoms. The number of nitrogens with one attached hydrogen (secondary N) is 1. The Morgan fingerprint density at radius 2 is 2.22 bits per heavy atom. The van der Waals surface area contributed by atoms with Crippen molar-refractivity contribution in [2.24, 2.45) is 0 Å². The van der Waals surface area contributed by atoms with Gasteiger partial charge in [0.1, 0.15) is 0 Å². The molecule has 1 atom stereocenters. The van der Waals surface area contributed by atoms with Crippen LogP contribution in [0.1, 0.15) is 68.0 Å². The van der Waals surface area contributed by atoms with Crippen LogP contribution in [0.15, 0.2) is 0 Å². The third-order valence-corrected chi connectivity index (χ3v) is 5.80. The second kappa shape index (κ2) is 4.61. The Hall–Kier alpha value is -0.410. The number of nitrogens with zero attached hydrogens (tertiary/aromatic N) is 1. The molecule has 0 radical (unpaired) electrons. The molecule has 0 amide bonds. The van der Waals surface area contributed by atoms with Crippen molar-refractivity contribution >= 4 is 11.3 Å². The largest absolute Gasteiger partial charge is 0.314 e. The predicted octanol–water partition coefficient (Wildman–Crippen LogP) is 3.61. The van der Waals surface area contributed by atoms with Crippen LogP contribution in [-0.4, -0.2) is 17.6 Å². The van der Waals surface area contributed by atoms with Crippen molar-refractivity contribution in [1.29, 1.82) is 0 Å². The monoisotopic (exact) mass is 264 g/mol. The van der Waals surface area contributed by atoms with Gasteiger partial charge in [0.15, 0.2) is 0 Å². The number of aryl methyl sites for hydroxylation is 1. The highest BCUT2D eigenvalue weighted by Gasteiger charge is 2.43. The number of hydrogen-bond acceptors (Lipinski definition) is 3. The quantitative estimate of drug-likeness (QED) is 0.898. The van der Waals surface area contributed by atoms with Crippen molar-refractivity contribution in [3.8, 4) is 0 Å². The average molecular weight is 264 g/mol. The van der Waals surface area contributed by atoms with E-state index in [1.54, 1.807) is 4.88 Å². The maximum Gasteiger partial charge on any atom is 0.0990 e. The molecule has 2 aliphatic rings. The van der Waals surface area contributed by atoms with Gasteiger partial charge in [-0.1, -0.05) is 20.8 Å². The molecule has 3 heteroatoms. The molecular formula is C15H24N2S. The van der Waals surface area contributed by atoms with E-state index in [-0.39, 0.29) is 0 Å². The van der Waals surface area contributed by atoms with Gasteiger partial charge >= 0.3 is 0 Å². The van der Waals surface area contributed by atoms with Crippen molar-refractivity contribution in [2.45, 2.75) is 70.3 Å². The summed E-state index contributed by atoms with van der Waals surface area (Å²) < 4.78 is 0. The molecule has 1 unspecified atom stereocenters. The summed E-state index contributed by atoms with van der Waals surface area (Å²) in [6, 6.07) is 0.578. The minimum Gasteiger partial charge on any atom is -0.314 e. The molecule has 1 aromatic rings. The lowest BCUT2D eigenvalue weighted by atomic mass is 9.91. The first kappa shape index (κ1) is 12.6. The van der Waals surface area contributed by atoms with E-state index in [2.05, 4.69) is 26.1 Å². The number of fused-ring (bicyclic) bond motifs is 1. The zero-order valence-electron chi connectivity index (χ0n) is 11.8. The molecule has 2 nitrogen and oxygen atoms in total. The van der Waals surface area contributed by atoms with Crippen LogP contribution in [0.3, 0.4) is 0 Å². The summed E-state index contributed by atoms with van der Waals surface area (Å²) in [7, 11) is 0. The molecule has 1 aromatic heterocycles. The summed E-state index contributed by atoms with van der Waals surface area (Å²) in [6.07, 6.45) is 6.60. The van der Waals surface area contributed by atoms with Crippen molar-refractivity contribution in [3.05, 3.63) is 15.6 Å². The summed E-state index contributed by atoms with van der Waals surface area (Å²) in [4.78, 5) is 6.61. The van der Waals surface area contributed by atoms with Gasteiger partial charge in [0.25, 0.3) is 0 Å². The zero-order chi connectivity index (χ0) is 12.8. The van der Waals surface area contributed by atoms with Crippen molar-refractivity contribution in [2.75, 3.05) is 6.54 Å². The Kier molecular flexibility index (Phi) is 3.23. The Bertz CT molecular complexity index is 432. The summed E-state index contributed by atoms with van der Waals surface area (Å²) >= 11 is 2.00. The lowest BCUT2D eigenvalue weighted by Crippen LogP contribution is -2.29. The minimum absolute atomic E-state index is 0.442. The lowest BCUT2D eigenvalue weighted by Gasteiger charge is -2.22. The number of thiazole rings is 1. The molecule has 0 spiro atoms. The molecule has 0 saturated heterocycles. The highest BCUT2D eigenvalue weighted by molar-refractivity contribution is 7.12. The number of hydrogen-bond donors (Lipinski definition) is 1. The fraction of sp³-hybridized carbons (Fsp3) is 0.800. The van der Waals surface area contributed by atoms with Crippen molar-refractivity contribution < 1.29 is 0 Å². The van der Waals surface area contributed by atoms with Gasteiger partial charge in [0.2, 0.25) is 0 Å². The number of aromatic nitrogens is 1. The molecule has 1 N–H and O–H groups in total. The zero-order valence-corrected chi connectivity index (χ0v) is 12.6. The highest BCUT2D eigenvalue weighted by atomic mass is 32.1. The van der Waals surface area contributed by atoms with E-state index in [4.69, 9.17) is 4.98 Å². The van der Waals surface area contributed by atoms with Crippen LogP contribution in [0.2, 0.25) is 0 Å². The van der Waals surface area contributed by atoms with Gasteiger partial charge < -0.3 is 5.32 Å². The van der Waals surface area contributed by atoms with Gasteiger partial charge in [-0.2, -0.15) is 0 Å². The SMILES string of the molecule is CC(C)NCC1CCCc2sc(C3(C)CC3)nc21. The Labute approximate surface area is 114 Å². The lowest BCUT2D eigenvalue weighted by molar-refractivity contribution is 0.473. The highest BCUT2D eigenvalue weighted by Crippen LogP contribution is 2.50. The first-order valence-corrected chi connectivity index (χ1v) is 8.13. The molecule has 0 bridgehead atoms. The van der Waals surface area contributed by atoms with E-state index >= 15 is 0 Å². The van der Waals surface area contributed by atoms with Gasteiger partial charge in [0.05, 0.1) is 10.7 Å². The van der Waals surface area contributed by atoms with Crippen LogP contribution in [0.25, 0.3) is 0 Å². The van der Waals surface area contributed by atoms with Crippen LogP contribution in [-0.2, 0) is 11.8 Å². The van der Waals surface area contributed by atoms with Crippen LogP contribution < -0.4 is 5.32 Å². The first-order chi connectivity index (χ1) is 8.58. The Balaban J connectivity index is 1.79. The van der Waals surface area contributed by atoms with Crippen LogP contribution in [0.4, 0.5) is 0 Å². The van der Waals surface area contributed by atoms with Crippen molar-refractivity contribution in [1.82, 2.24) is 10.3 Å². The summed E-state index contributed by atoms with van der Waals surface area (Å²) in [5, 5.41) is 5.00. The van der Waals surface area contributed by atoms with Crippen LogP contribution in [0.5, 0.6) is 0 Å². The van der Waals surface area contributed by atoms with Gasteiger partial charge in [-0.05, 0) is 32.1 Å². The van der Waals surface area contributed by atoms with E-state index in [0.29, 0.717) is 17.4 Å². The van der Waals surface area contributed by atoms with Crippen LogP contribution >= 0.6 is 11.3 Å². The maximum absolute atomic E-state index is 5.02. The molecule has 3 rings (SSSR count). The molecule has 100 valence electrons. The predicted molar refractivity (Wildman–Crippen MR) is 77.5 cm³/mol. The fourth-order valence-electron chi connectivity index (χ4n) is 2.74. The first-order valence-electron chi connectivity index (χ1n) is 7.32. The molecule has 1 fully saturated rings. The van der Waals surface area contributed by atoms with Gasteiger partial charge in [-0.15, -0.1) is 11.3 Å². The molecule has 1 saturated carbocycles. The van der Waals surface area contributed by atoms with Gasteiger partial charge in [-0.3, -0.25) is 0 Å². The smallest absolute Gasteiger partial charge is 0.0990 e. The maximum atomic E-state index is 5.02. The van der Waals surface area contributed by atoms with E-state index in [9.17, 15) is 0 Å². The normalized spacial score (nSPS) is 25.2. The van der Waals surface area contributed by atoms with Crippen LogP contribution in [0, 0.1) is 0 Å². The number of rotatable bonds is 4. The molecule has 0 aromatic carbocycles. The second-order valence-corrected chi connectivity index (χ2v) is 7.62. The average Bonchev–Trinajstić information content (AvgIpc) is 2.92. The van der Waals surface area contributed by atoms with Gasteiger partial charge in [-0.25, -0.2) is 4.98 Å². The summed E-state index contributed by atoms with van der Waals surface area (Å²) in [6.45, 7) is 7.92. The van der Waals surface area contributed by atoms with E-state index < -0.39 is 0 Å². The fourth-order valence-corrected chi connectivity index (χ4v) is 4.13. The third-order valence-electron chi connectivity index (χ3n) is 4.36. The Morgan fingerprint density at radius 1 is 1.44 bits per heavy atom. The third kappa shape index (κ3) is 2.35. The molecule has 1 heterocycles. The summed E-state index contributed by atoms with van der Waals surface area (Å²) in [5.74, 6) is 0.656. The van der Waals surface area contributed by atoms with E-state index in [1.165, 1.54) is 42.8 Å². The van der Waals surface area contributed by atoms with Gasteiger partial charge in [0, 0.05) is 28.8 Å². The topological polar surface area (TPSA) is 24.9 Å². The summed E-state index contributed by atoms with van der Waals surface area (Å²) in [5.41, 5.74) is 1.88. The molecule has 2 aliphatic carbocycles. The standard InChI is InChI=1S/C15H24N2S/c1-10(2)16-9-11-5-4-6-12-13(11)17-14(18-12)15(3)7-8-15/h10-11,16H,4-9H2,1-3H3. The molecular weight excluding hydrogens is 240 g/mol. The second-order valence-electron chi connectivity index (χ2n) is 6.54. The Morgan fingerprint density at radius 3 is 2.89 bits per heavy atom. The van der Waals surface area contributed by atoms with E-state index in [1.807, 2.05) is 11.3 Å². The van der Waals surface area contributed by atoms with E-state index in [0.717, 1.165) is 6.54 Å².